The molecule has 3 heterocycles. The van der Waals surface area contributed by atoms with Gasteiger partial charge in [0.15, 0.2) is 5.82 Å². The predicted molar refractivity (Wildman–Crippen MR) is 99.7 cm³/mol. The van der Waals surface area contributed by atoms with Gasteiger partial charge < -0.3 is 9.47 Å². The maximum atomic E-state index is 12.9. The van der Waals surface area contributed by atoms with Crippen LogP contribution in [0.3, 0.4) is 0 Å². The van der Waals surface area contributed by atoms with Crippen molar-refractivity contribution in [2.24, 2.45) is 0 Å². The normalized spacial score (nSPS) is 18.4. The van der Waals surface area contributed by atoms with Crippen LogP contribution in [-0.2, 0) is 19.6 Å². The van der Waals surface area contributed by atoms with Gasteiger partial charge in [0.1, 0.15) is 5.82 Å². The molecule has 0 aliphatic carbocycles. The van der Waals surface area contributed by atoms with Crippen LogP contribution in [0.4, 0.5) is 0 Å². The van der Waals surface area contributed by atoms with E-state index >= 15 is 0 Å². The zero-order valence-electron chi connectivity index (χ0n) is 15.5. The summed E-state index contributed by atoms with van der Waals surface area (Å²) in [7, 11) is 0. The molecule has 1 aromatic heterocycles. The number of carbonyl (C=O) groups excluding carboxylic acids is 1. The Labute approximate surface area is 154 Å². The fraction of sp³-hybridized carbons (Fsp3) is 0.550. The highest BCUT2D eigenvalue weighted by atomic mass is 16.2. The van der Waals surface area contributed by atoms with E-state index in [1.54, 1.807) is 0 Å². The van der Waals surface area contributed by atoms with Crippen LogP contribution in [0.15, 0.2) is 24.3 Å². The van der Waals surface area contributed by atoms with Crippen molar-refractivity contribution in [2.75, 3.05) is 19.6 Å². The maximum Gasteiger partial charge on any atom is 0.254 e. The number of aryl methyl sites for hydroxylation is 1. The molecule has 2 aliphatic heterocycles. The summed E-state index contributed by atoms with van der Waals surface area (Å²) in [6.07, 6.45) is 4.83. The van der Waals surface area contributed by atoms with Crippen LogP contribution in [0.25, 0.3) is 0 Å². The summed E-state index contributed by atoms with van der Waals surface area (Å²) in [6, 6.07) is 7.81. The van der Waals surface area contributed by atoms with E-state index in [0.717, 1.165) is 61.9 Å². The van der Waals surface area contributed by atoms with Gasteiger partial charge in [-0.05, 0) is 51.4 Å². The highest BCUT2D eigenvalue weighted by molar-refractivity contribution is 5.94. The molecule has 0 unspecified atom stereocenters. The summed E-state index contributed by atoms with van der Waals surface area (Å²) in [6.45, 7) is 7.39. The average Bonchev–Trinajstić information content (AvgIpc) is 2.89. The molecular formula is C20H27N5O. The first-order valence-corrected chi connectivity index (χ1v) is 9.70. The van der Waals surface area contributed by atoms with Crippen LogP contribution in [0.1, 0.15) is 53.3 Å². The van der Waals surface area contributed by atoms with Crippen LogP contribution in [0, 0.1) is 6.92 Å². The number of benzene rings is 1. The smallest absolute Gasteiger partial charge is 0.254 e. The summed E-state index contributed by atoms with van der Waals surface area (Å²) in [5.74, 6) is 2.05. The topological polar surface area (TPSA) is 54.3 Å². The monoisotopic (exact) mass is 353 g/mol. The fourth-order valence-corrected chi connectivity index (χ4v) is 3.99. The summed E-state index contributed by atoms with van der Waals surface area (Å²) < 4.78 is 2.23. The number of likely N-dealkylation sites (tertiary alicyclic amines) is 1. The second-order valence-corrected chi connectivity index (χ2v) is 7.47. The molecule has 26 heavy (non-hydrogen) atoms. The third-order valence-corrected chi connectivity index (χ3v) is 5.41. The number of carbonyl (C=O) groups is 1. The number of nitrogens with zero attached hydrogens (tertiary/aromatic N) is 5. The highest BCUT2D eigenvalue weighted by Crippen LogP contribution is 2.18. The lowest BCUT2D eigenvalue weighted by Gasteiger charge is -2.25. The number of amides is 1. The Kier molecular flexibility index (Phi) is 5.02. The molecule has 0 atom stereocenters. The lowest BCUT2D eigenvalue weighted by atomic mass is 10.1. The molecule has 138 valence electrons. The van der Waals surface area contributed by atoms with Crippen molar-refractivity contribution in [1.82, 2.24) is 24.6 Å². The second kappa shape index (κ2) is 7.58. The molecule has 1 saturated heterocycles. The summed E-state index contributed by atoms with van der Waals surface area (Å²) in [5, 5.41) is 8.87. The van der Waals surface area contributed by atoms with Crippen LogP contribution < -0.4 is 0 Å². The van der Waals surface area contributed by atoms with Gasteiger partial charge in [-0.3, -0.25) is 9.69 Å². The van der Waals surface area contributed by atoms with Gasteiger partial charge in [-0.1, -0.05) is 24.1 Å². The largest absolute Gasteiger partial charge is 0.331 e. The van der Waals surface area contributed by atoms with E-state index in [0.29, 0.717) is 6.54 Å². The molecule has 0 radical (unpaired) electrons. The zero-order chi connectivity index (χ0) is 17.9. The third kappa shape index (κ3) is 3.65. The van der Waals surface area contributed by atoms with Gasteiger partial charge in [0, 0.05) is 18.7 Å². The Bertz CT molecular complexity index is 778. The van der Waals surface area contributed by atoms with Gasteiger partial charge in [-0.15, -0.1) is 10.2 Å². The van der Waals surface area contributed by atoms with E-state index < -0.39 is 0 Å². The Morgan fingerprint density at radius 3 is 2.69 bits per heavy atom. The minimum absolute atomic E-state index is 0.0859. The van der Waals surface area contributed by atoms with Crippen molar-refractivity contribution >= 4 is 5.91 Å². The molecular weight excluding hydrogens is 326 g/mol. The highest BCUT2D eigenvalue weighted by Gasteiger charge is 2.24. The molecule has 1 aromatic carbocycles. The van der Waals surface area contributed by atoms with Gasteiger partial charge in [0.25, 0.3) is 5.91 Å². The number of piperidine rings is 1. The Balaban J connectivity index is 1.49. The molecule has 6 nitrogen and oxygen atoms in total. The number of fused-ring (bicyclic) bond motifs is 1. The van der Waals surface area contributed by atoms with Crippen molar-refractivity contribution in [3.63, 3.8) is 0 Å². The van der Waals surface area contributed by atoms with Crippen molar-refractivity contribution in [3.05, 3.63) is 47.0 Å². The quantitative estimate of drug-likeness (QED) is 0.851. The van der Waals surface area contributed by atoms with Crippen molar-refractivity contribution in [3.8, 4) is 0 Å². The van der Waals surface area contributed by atoms with E-state index in [4.69, 9.17) is 0 Å². The van der Waals surface area contributed by atoms with Crippen molar-refractivity contribution in [1.29, 1.82) is 0 Å². The average molecular weight is 353 g/mol. The second-order valence-electron chi connectivity index (χ2n) is 7.47. The number of rotatable bonds is 3. The molecule has 4 rings (SSSR count). The standard InChI is InChI=1S/C20H27N5O/c1-16-7-5-8-17(13-16)20(26)24-11-6-12-25-18(21-22-19(25)15-24)14-23-9-3-2-4-10-23/h5,7-8,13H,2-4,6,9-12,14-15H2,1H3. The molecule has 2 aliphatic rings. The van der Waals surface area contributed by atoms with E-state index in [-0.39, 0.29) is 5.91 Å². The van der Waals surface area contributed by atoms with Crippen LogP contribution in [0.2, 0.25) is 0 Å². The Morgan fingerprint density at radius 1 is 1.04 bits per heavy atom. The van der Waals surface area contributed by atoms with E-state index in [2.05, 4.69) is 19.7 Å². The molecule has 0 bridgehead atoms. The minimum Gasteiger partial charge on any atom is -0.331 e. The molecule has 6 heteroatoms. The van der Waals surface area contributed by atoms with Crippen molar-refractivity contribution in [2.45, 2.75) is 52.2 Å². The molecule has 1 fully saturated rings. The SMILES string of the molecule is Cc1cccc(C(=O)N2CCCn3c(CN4CCCCC4)nnc3C2)c1. The zero-order valence-corrected chi connectivity index (χ0v) is 15.5. The van der Waals surface area contributed by atoms with Crippen LogP contribution in [-0.4, -0.2) is 50.1 Å². The number of hydrogen-bond donors (Lipinski definition) is 0. The van der Waals surface area contributed by atoms with Crippen LogP contribution in [0.5, 0.6) is 0 Å². The molecule has 1 amide bonds. The van der Waals surface area contributed by atoms with E-state index in [1.807, 2.05) is 36.1 Å². The first-order valence-electron chi connectivity index (χ1n) is 9.70. The molecule has 0 N–H and O–H groups in total. The lowest BCUT2D eigenvalue weighted by Crippen LogP contribution is -2.31. The Hall–Kier alpha value is -2.21. The first kappa shape index (κ1) is 17.2. The van der Waals surface area contributed by atoms with Gasteiger partial charge >= 0.3 is 0 Å². The minimum atomic E-state index is 0.0859. The van der Waals surface area contributed by atoms with Gasteiger partial charge in [-0.25, -0.2) is 0 Å². The summed E-state index contributed by atoms with van der Waals surface area (Å²) in [4.78, 5) is 17.3. The third-order valence-electron chi connectivity index (χ3n) is 5.41. The van der Waals surface area contributed by atoms with Gasteiger partial charge in [0.2, 0.25) is 0 Å². The van der Waals surface area contributed by atoms with E-state index in [9.17, 15) is 4.79 Å². The number of aromatic nitrogens is 3. The van der Waals surface area contributed by atoms with Crippen molar-refractivity contribution < 1.29 is 4.79 Å². The van der Waals surface area contributed by atoms with E-state index in [1.165, 1.54) is 19.3 Å². The van der Waals surface area contributed by atoms with Crippen LogP contribution >= 0.6 is 0 Å². The maximum absolute atomic E-state index is 12.9. The van der Waals surface area contributed by atoms with Gasteiger partial charge in [-0.2, -0.15) is 0 Å². The molecule has 0 saturated carbocycles. The lowest BCUT2D eigenvalue weighted by molar-refractivity contribution is 0.0743. The predicted octanol–water partition coefficient (Wildman–Crippen LogP) is 2.62. The first-order chi connectivity index (χ1) is 12.7. The Morgan fingerprint density at radius 2 is 1.88 bits per heavy atom. The summed E-state index contributed by atoms with van der Waals surface area (Å²) in [5.41, 5.74) is 1.86. The fourth-order valence-electron chi connectivity index (χ4n) is 3.99. The molecule has 0 spiro atoms. The van der Waals surface area contributed by atoms with Gasteiger partial charge in [0.05, 0.1) is 13.1 Å². The number of hydrogen-bond acceptors (Lipinski definition) is 4. The molecule has 2 aromatic rings. The summed E-state index contributed by atoms with van der Waals surface area (Å²) >= 11 is 0.